The van der Waals surface area contributed by atoms with Gasteiger partial charge in [-0.2, -0.15) is 18.4 Å². The SMILES string of the molecule is CCOc1ccc(S(=O)(=O)N/N=C(/C)c2ccc(C)c(C)c2)cc1. The zero-order valence-electron chi connectivity index (χ0n) is 14.3. The molecule has 0 aliphatic rings. The van der Waals surface area contributed by atoms with Gasteiger partial charge in [0.05, 0.1) is 17.2 Å². The van der Waals surface area contributed by atoms with Gasteiger partial charge in [0.2, 0.25) is 0 Å². The summed E-state index contributed by atoms with van der Waals surface area (Å²) in [4.78, 5) is 2.42. The van der Waals surface area contributed by atoms with Crippen LogP contribution in [0.3, 0.4) is 0 Å². The maximum Gasteiger partial charge on any atom is 0.276 e. The molecule has 5 nitrogen and oxygen atoms in total. The molecule has 1 N–H and O–H groups in total. The van der Waals surface area contributed by atoms with Crippen LogP contribution in [-0.2, 0) is 10.0 Å². The van der Waals surface area contributed by atoms with Gasteiger partial charge in [-0.15, -0.1) is 0 Å². The normalized spacial score (nSPS) is 12.1. The van der Waals surface area contributed by atoms with Gasteiger partial charge in [0.25, 0.3) is 10.0 Å². The molecule has 0 saturated heterocycles. The quantitative estimate of drug-likeness (QED) is 0.644. The topological polar surface area (TPSA) is 67.8 Å². The first-order chi connectivity index (χ1) is 11.3. The number of hydrogen-bond donors (Lipinski definition) is 1. The van der Waals surface area contributed by atoms with Crippen LogP contribution in [0.2, 0.25) is 0 Å². The summed E-state index contributed by atoms with van der Waals surface area (Å²) in [5.74, 6) is 0.631. The zero-order chi connectivity index (χ0) is 17.7. The van der Waals surface area contributed by atoms with Crippen LogP contribution < -0.4 is 9.57 Å². The molecule has 0 aliphatic carbocycles. The monoisotopic (exact) mass is 346 g/mol. The average Bonchev–Trinajstić information content (AvgIpc) is 2.56. The Hall–Kier alpha value is -2.34. The molecule has 0 fully saturated rings. The summed E-state index contributed by atoms with van der Waals surface area (Å²) in [6.45, 7) is 8.21. The number of ether oxygens (including phenoxy) is 1. The molecule has 24 heavy (non-hydrogen) atoms. The third-order valence-electron chi connectivity index (χ3n) is 3.70. The first-order valence-electron chi connectivity index (χ1n) is 7.70. The molecular formula is C18H22N2O3S. The predicted octanol–water partition coefficient (Wildman–Crippen LogP) is 3.40. The summed E-state index contributed by atoms with van der Waals surface area (Å²) in [6, 6.07) is 12.1. The maximum absolute atomic E-state index is 12.3. The number of hydrogen-bond acceptors (Lipinski definition) is 4. The smallest absolute Gasteiger partial charge is 0.276 e. The van der Waals surface area contributed by atoms with E-state index < -0.39 is 10.0 Å². The van der Waals surface area contributed by atoms with Crippen molar-refractivity contribution in [3.05, 3.63) is 59.2 Å². The van der Waals surface area contributed by atoms with Crippen molar-refractivity contribution in [2.75, 3.05) is 6.61 Å². The van der Waals surface area contributed by atoms with Gasteiger partial charge >= 0.3 is 0 Å². The lowest BCUT2D eigenvalue weighted by Crippen LogP contribution is -2.20. The molecule has 2 rings (SSSR count). The minimum Gasteiger partial charge on any atom is -0.494 e. The van der Waals surface area contributed by atoms with Gasteiger partial charge in [-0.1, -0.05) is 12.1 Å². The van der Waals surface area contributed by atoms with Gasteiger partial charge in [-0.3, -0.25) is 0 Å². The number of sulfonamides is 1. The van der Waals surface area contributed by atoms with E-state index in [-0.39, 0.29) is 4.90 Å². The number of hydrazone groups is 1. The van der Waals surface area contributed by atoms with Gasteiger partial charge in [0.1, 0.15) is 5.75 Å². The Morgan fingerprint density at radius 3 is 2.33 bits per heavy atom. The lowest BCUT2D eigenvalue weighted by molar-refractivity contribution is 0.340. The standard InChI is InChI=1S/C18H22N2O3S/c1-5-23-17-8-10-18(11-9-17)24(21,22)20-19-15(4)16-7-6-13(2)14(3)12-16/h6-12,20H,5H2,1-4H3/b19-15-. The number of rotatable bonds is 6. The van der Waals surface area contributed by atoms with Crippen molar-refractivity contribution in [3.63, 3.8) is 0 Å². The van der Waals surface area contributed by atoms with Crippen LogP contribution in [0.1, 0.15) is 30.5 Å². The molecule has 0 amide bonds. The zero-order valence-corrected chi connectivity index (χ0v) is 15.1. The summed E-state index contributed by atoms with van der Waals surface area (Å²) >= 11 is 0. The van der Waals surface area contributed by atoms with E-state index in [0.717, 1.165) is 11.1 Å². The molecule has 2 aromatic rings. The summed E-state index contributed by atoms with van der Waals surface area (Å²) in [5, 5.41) is 4.02. The van der Waals surface area contributed by atoms with Crippen LogP contribution >= 0.6 is 0 Å². The van der Waals surface area contributed by atoms with Gasteiger partial charge in [-0.25, -0.2) is 0 Å². The van der Waals surface area contributed by atoms with Gasteiger partial charge < -0.3 is 4.74 Å². The fraction of sp³-hybridized carbons (Fsp3) is 0.278. The highest BCUT2D eigenvalue weighted by Gasteiger charge is 2.13. The highest BCUT2D eigenvalue weighted by atomic mass is 32.2. The summed E-state index contributed by atoms with van der Waals surface area (Å²) in [6.07, 6.45) is 0. The minimum atomic E-state index is -3.71. The Morgan fingerprint density at radius 2 is 1.75 bits per heavy atom. The highest BCUT2D eigenvalue weighted by molar-refractivity contribution is 7.89. The molecule has 0 saturated carbocycles. The number of aryl methyl sites for hydroxylation is 2. The van der Waals surface area contributed by atoms with E-state index in [4.69, 9.17) is 4.74 Å². The Balaban J connectivity index is 2.17. The van der Waals surface area contributed by atoms with E-state index in [1.54, 1.807) is 19.1 Å². The van der Waals surface area contributed by atoms with E-state index in [0.29, 0.717) is 18.1 Å². The van der Waals surface area contributed by atoms with Crippen LogP contribution in [0.15, 0.2) is 52.5 Å². The number of nitrogens with zero attached hydrogens (tertiary/aromatic N) is 1. The molecule has 0 unspecified atom stereocenters. The third-order valence-corrected chi connectivity index (χ3v) is 4.93. The molecule has 0 spiro atoms. The number of benzene rings is 2. The molecule has 0 aromatic heterocycles. The molecule has 0 atom stereocenters. The summed E-state index contributed by atoms with van der Waals surface area (Å²) < 4.78 is 29.9. The van der Waals surface area contributed by atoms with Crippen LogP contribution in [0, 0.1) is 13.8 Å². The van der Waals surface area contributed by atoms with E-state index in [2.05, 4.69) is 9.93 Å². The molecule has 128 valence electrons. The van der Waals surface area contributed by atoms with Crippen LogP contribution in [0.25, 0.3) is 0 Å². The summed E-state index contributed by atoms with van der Waals surface area (Å²) in [5.41, 5.74) is 3.80. The van der Waals surface area contributed by atoms with E-state index in [1.807, 2.05) is 39.0 Å². The lowest BCUT2D eigenvalue weighted by atomic mass is 10.0. The van der Waals surface area contributed by atoms with E-state index >= 15 is 0 Å². The third kappa shape index (κ3) is 4.35. The highest BCUT2D eigenvalue weighted by Crippen LogP contribution is 2.16. The van der Waals surface area contributed by atoms with E-state index in [1.165, 1.54) is 17.7 Å². The van der Waals surface area contributed by atoms with Crippen molar-refractivity contribution in [1.82, 2.24) is 4.83 Å². The molecule has 0 aliphatic heterocycles. The number of nitrogens with one attached hydrogen (secondary N) is 1. The van der Waals surface area contributed by atoms with E-state index in [9.17, 15) is 8.42 Å². The van der Waals surface area contributed by atoms with Crippen LogP contribution in [0.5, 0.6) is 5.75 Å². The van der Waals surface area contributed by atoms with Crippen LogP contribution in [-0.4, -0.2) is 20.7 Å². The molecular weight excluding hydrogens is 324 g/mol. The molecule has 2 aromatic carbocycles. The maximum atomic E-state index is 12.3. The van der Waals surface area contributed by atoms with Crippen molar-refractivity contribution in [3.8, 4) is 5.75 Å². The summed E-state index contributed by atoms with van der Waals surface area (Å²) in [7, 11) is -3.71. The largest absolute Gasteiger partial charge is 0.494 e. The van der Waals surface area contributed by atoms with Crippen molar-refractivity contribution < 1.29 is 13.2 Å². The Labute approximate surface area is 143 Å². The van der Waals surface area contributed by atoms with Crippen molar-refractivity contribution in [2.24, 2.45) is 5.10 Å². The Kier molecular flexibility index (Phi) is 5.62. The molecule has 0 radical (unpaired) electrons. The van der Waals surface area contributed by atoms with Crippen molar-refractivity contribution >= 4 is 15.7 Å². The fourth-order valence-electron chi connectivity index (χ4n) is 2.09. The molecule has 0 bridgehead atoms. The Morgan fingerprint density at radius 1 is 1.08 bits per heavy atom. The van der Waals surface area contributed by atoms with Gasteiger partial charge in [0, 0.05) is 0 Å². The fourth-order valence-corrected chi connectivity index (χ4v) is 2.95. The second-order valence-corrected chi connectivity index (χ2v) is 7.16. The second kappa shape index (κ2) is 7.49. The molecule has 0 heterocycles. The van der Waals surface area contributed by atoms with Gasteiger partial charge in [0.15, 0.2) is 0 Å². The Bertz CT molecular complexity index is 841. The van der Waals surface area contributed by atoms with Crippen molar-refractivity contribution in [2.45, 2.75) is 32.6 Å². The second-order valence-electron chi connectivity index (χ2n) is 5.50. The minimum absolute atomic E-state index is 0.141. The van der Waals surface area contributed by atoms with Gasteiger partial charge in [-0.05, 0) is 74.7 Å². The predicted molar refractivity (Wildman–Crippen MR) is 96.1 cm³/mol. The average molecular weight is 346 g/mol. The lowest BCUT2D eigenvalue weighted by Gasteiger charge is -2.08. The first kappa shape index (κ1) is 18.0. The van der Waals surface area contributed by atoms with Crippen LogP contribution in [0.4, 0.5) is 0 Å². The van der Waals surface area contributed by atoms with Crippen molar-refractivity contribution in [1.29, 1.82) is 0 Å². The molecule has 6 heteroatoms. The first-order valence-corrected chi connectivity index (χ1v) is 9.18.